The van der Waals surface area contributed by atoms with Crippen LogP contribution in [0.4, 0.5) is 0 Å². The van der Waals surface area contributed by atoms with Crippen LogP contribution in [-0.2, 0) is 6.42 Å². The van der Waals surface area contributed by atoms with Gasteiger partial charge in [-0.25, -0.2) is 9.97 Å². The fourth-order valence-electron chi connectivity index (χ4n) is 7.89. The molecule has 0 N–H and O–H groups in total. The first kappa shape index (κ1) is 27.8. The molecule has 1 atom stereocenters. The van der Waals surface area contributed by atoms with Gasteiger partial charge in [0.15, 0.2) is 5.82 Å². The van der Waals surface area contributed by atoms with E-state index in [1.165, 1.54) is 55.3 Å². The topological polar surface area (TPSA) is 30.7 Å². The second kappa shape index (κ2) is 11.1. The fraction of sp³-hybridized carbons (Fsp3) is 0.0435. The van der Waals surface area contributed by atoms with E-state index >= 15 is 0 Å². The van der Waals surface area contributed by atoms with Crippen LogP contribution in [0.1, 0.15) is 22.6 Å². The highest BCUT2D eigenvalue weighted by molar-refractivity contribution is 6.11. The number of nitrogens with zero attached hydrogens (tertiary/aromatic N) is 3. The molecule has 3 nitrogen and oxygen atoms in total. The van der Waals surface area contributed by atoms with Crippen molar-refractivity contribution in [3.63, 3.8) is 0 Å². The summed E-state index contributed by atoms with van der Waals surface area (Å²) in [6.45, 7) is 0. The van der Waals surface area contributed by atoms with E-state index in [0.29, 0.717) is 0 Å². The first-order valence-electron chi connectivity index (χ1n) is 16.9. The minimum Gasteiger partial charge on any atom is -0.309 e. The van der Waals surface area contributed by atoms with Crippen LogP contribution in [0.3, 0.4) is 0 Å². The Morgan fingerprint density at radius 1 is 0.490 bits per heavy atom. The quantitative estimate of drug-likeness (QED) is 0.195. The normalized spacial score (nSPS) is 13.8. The van der Waals surface area contributed by atoms with Gasteiger partial charge in [0.2, 0.25) is 0 Å². The van der Waals surface area contributed by atoms with Gasteiger partial charge in [0, 0.05) is 38.9 Å². The molecule has 0 saturated carbocycles. The number of rotatable bonds is 4. The zero-order valence-electron chi connectivity index (χ0n) is 26.8. The summed E-state index contributed by atoms with van der Waals surface area (Å²) >= 11 is 0. The molecule has 0 aliphatic heterocycles. The van der Waals surface area contributed by atoms with E-state index in [1.807, 2.05) is 24.3 Å². The van der Waals surface area contributed by atoms with Gasteiger partial charge in [0.1, 0.15) is 0 Å². The van der Waals surface area contributed by atoms with Crippen molar-refractivity contribution in [2.45, 2.75) is 12.3 Å². The lowest BCUT2D eigenvalue weighted by atomic mass is 9.75. The van der Waals surface area contributed by atoms with Gasteiger partial charge >= 0.3 is 0 Å². The Morgan fingerprint density at radius 2 is 1.18 bits per heavy atom. The van der Waals surface area contributed by atoms with Gasteiger partial charge in [0.05, 0.1) is 22.2 Å². The Bertz CT molecular complexity index is 2670. The molecule has 7 aromatic carbocycles. The van der Waals surface area contributed by atoms with E-state index in [-0.39, 0.29) is 5.92 Å². The summed E-state index contributed by atoms with van der Waals surface area (Å²) in [6.07, 6.45) is 0.937. The van der Waals surface area contributed by atoms with Crippen LogP contribution in [0.15, 0.2) is 170 Å². The SMILES string of the molecule is c1ccc(-c2nc(-c3ccc(C4Cc5cc6c(cc5-c5ccccc54)c4ccccc4n6-c4ccccc4)cc3)c3ccccc3n2)cc1. The molecule has 0 radical (unpaired) electrons. The molecule has 2 heterocycles. The molecular formula is C46H31N3. The fourth-order valence-corrected chi connectivity index (χ4v) is 7.89. The van der Waals surface area contributed by atoms with Crippen molar-refractivity contribution in [2.24, 2.45) is 0 Å². The zero-order valence-corrected chi connectivity index (χ0v) is 26.8. The van der Waals surface area contributed by atoms with Gasteiger partial charge in [-0.1, -0.05) is 133 Å². The van der Waals surface area contributed by atoms with Crippen molar-refractivity contribution in [2.75, 3.05) is 0 Å². The standard InChI is InChI=1S/C46H31N3/c1-3-13-32(14-4-1)46-47-42-21-11-9-20-38(42)45(48-46)31-25-23-30(24-26-31)39-27-33-28-44-41(29-40(33)36-18-8-7-17-35(36)39)37-19-10-12-22-43(37)49(44)34-15-5-2-6-16-34/h1-26,28-29,39H,27H2. The summed E-state index contributed by atoms with van der Waals surface area (Å²) in [5.41, 5.74) is 14.4. The summed E-state index contributed by atoms with van der Waals surface area (Å²) < 4.78 is 2.42. The summed E-state index contributed by atoms with van der Waals surface area (Å²) in [4.78, 5) is 10.0. The van der Waals surface area contributed by atoms with Gasteiger partial charge in [-0.2, -0.15) is 0 Å². The Hall–Kier alpha value is -6.32. The van der Waals surface area contributed by atoms with Crippen LogP contribution < -0.4 is 0 Å². The first-order valence-corrected chi connectivity index (χ1v) is 16.9. The van der Waals surface area contributed by atoms with Gasteiger partial charge in [0.25, 0.3) is 0 Å². The highest BCUT2D eigenvalue weighted by Gasteiger charge is 2.27. The van der Waals surface area contributed by atoms with Crippen LogP contribution >= 0.6 is 0 Å². The Morgan fingerprint density at radius 3 is 2.02 bits per heavy atom. The highest BCUT2D eigenvalue weighted by atomic mass is 15.0. The van der Waals surface area contributed by atoms with Gasteiger partial charge < -0.3 is 4.57 Å². The molecular weight excluding hydrogens is 595 g/mol. The third kappa shape index (κ3) is 4.51. The maximum atomic E-state index is 5.12. The molecule has 0 spiro atoms. The number of para-hydroxylation sites is 3. The zero-order chi connectivity index (χ0) is 32.3. The lowest BCUT2D eigenvalue weighted by Gasteiger charge is -2.29. The highest BCUT2D eigenvalue weighted by Crippen LogP contribution is 2.46. The molecule has 3 heteroatoms. The number of benzene rings is 7. The summed E-state index contributed by atoms with van der Waals surface area (Å²) in [7, 11) is 0. The molecule has 0 saturated heterocycles. The second-order valence-electron chi connectivity index (χ2n) is 13.0. The van der Waals surface area contributed by atoms with E-state index in [1.54, 1.807) is 0 Å². The number of hydrogen-bond donors (Lipinski definition) is 0. The summed E-state index contributed by atoms with van der Waals surface area (Å²) in [5.74, 6) is 0.988. The van der Waals surface area contributed by atoms with E-state index in [4.69, 9.17) is 9.97 Å². The first-order chi connectivity index (χ1) is 24.3. The molecule has 10 rings (SSSR count). The largest absolute Gasteiger partial charge is 0.309 e. The average Bonchev–Trinajstić information content (AvgIpc) is 3.50. The van der Waals surface area contributed by atoms with E-state index < -0.39 is 0 Å². The predicted molar refractivity (Wildman–Crippen MR) is 202 cm³/mol. The van der Waals surface area contributed by atoms with Crippen molar-refractivity contribution in [1.82, 2.24) is 14.5 Å². The molecule has 230 valence electrons. The van der Waals surface area contributed by atoms with Gasteiger partial charge in [-0.15, -0.1) is 0 Å². The van der Waals surface area contributed by atoms with Crippen LogP contribution in [-0.4, -0.2) is 14.5 Å². The van der Waals surface area contributed by atoms with Crippen LogP contribution in [0, 0.1) is 0 Å². The van der Waals surface area contributed by atoms with E-state index in [0.717, 1.165) is 40.0 Å². The van der Waals surface area contributed by atoms with Crippen molar-refractivity contribution in [1.29, 1.82) is 0 Å². The minimum absolute atomic E-state index is 0.242. The third-order valence-electron chi connectivity index (χ3n) is 10.2. The maximum absolute atomic E-state index is 5.12. The number of aromatic nitrogens is 3. The van der Waals surface area contributed by atoms with Crippen molar-refractivity contribution < 1.29 is 0 Å². The smallest absolute Gasteiger partial charge is 0.160 e. The monoisotopic (exact) mass is 625 g/mol. The van der Waals surface area contributed by atoms with Crippen molar-refractivity contribution >= 4 is 32.7 Å². The lowest BCUT2D eigenvalue weighted by Crippen LogP contribution is -2.13. The van der Waals surface area contributed by atoms with Gasteiger partial charge in [-0.05, 0) is 70.6 Å². The van der Waals surface area contributed by atoms with E-state index in [9.17, 15) is 0 Å². The predicted octanol–water partition coefficient (Wildman–Crippen LogP) is 11.4. The van der Waals surface area contributed by atoms with E-state index in [2.05, 4.69) is 150 Å². The van der Waals surface area contributed by atoms with Crippen molar-refractivity contribution in [3.05, 3.63) is 187 Å². The molecule has 49 heavy (non-hydrogen) atoms. The van der Waals surface area contributed by atoms with Crippen LogP contribution in [0.2, 0.25) is 0 Å². The molecule has 1 aliphatic rings. The molecule has 0 amide bonds. The average molecular weight is 626 g/mol. The summed E-state index contributed by atoms with van der Waals surface area (Å²) in [5, 5.41) is 3.64. The summed E-state index contributed by atoms with van der Waals surface area (Å²) in [6, 6.07) is 61.0. The second-order valence-corrected chi connectivity index (χ2v) is 13.0. The number of fused-ring (bicyclic) bond motifs is 7. The Kier molecular flexibility index (Phi) is 6.31. The Labute approximate surface area is 284 Å². The maximum Gasteiger partial charge on any atom is 0.160 e. The molecule has 0 bridgehead atoms. The van der Waals surface area contributed by atoms with Crippen molar-refractivity contribution in [3.8, 4) is 39.5 Å². The van der Waals surface area contributed by atoms with Crippen LogP contribution in [0.25, 0.3) is 72.2 Å². The van der Waals surface area contributed by atoms with Gasteiger partial charge in [-0.3, -0.25) is 0 Å². The molecule has 1 aliphatic carbocycles. The minimum atomic E-state index is 0.242. The molecule has 2 aromatic heterocycles. The van der Waals surface area contributed by atoms with Crippen LogP contribution in [0.5, 0.6) is 0 Å². The molecule has 9 aromatic rings. The Balaban J connectivity index is 1.10. The molecule has 0 fully saturated rings. The number of hydrogen-bond acceptors (Lipinski definition) is 2. The third-order valence-corrected chi connectivity index (χ3v) is 10.2. The lowest BCUT2D eigenvalue weighted by molar-refractivity contribution is 0.794. The molecule has 1 unspecified atom stereocenters.